The van der Waals surface area contributed by atoms with Gasteiger partial charge in [-0.2, -0.15) is 5.10 Å². The zero-order valence-electron chi connectivity index (χ0n) is 14.6. The van der Waals surface area contributed by atoms with Crippen LogP contribution < -0.4 is 5.32 Å². The first-order valence-electron chi connectivity index (χ1n) is 8.93. The van der Waals surface area contributed by atoms with Gasteiger partial charge in [0.25, 0.3) is 0 Å². The minimum atomic E-state index is 0.783. The summed E-state index contributed by atoms with van der Waals surface area (Å²) in [5, 5.41) is 7.78. The number of hydrogen-bond donors (Lipinski definition) is 1. The number of nitrogens with zero attached hydrogens (tertiary/aromatic N) is 4. The van der Waals surface area contributed by atoms with Gasteiger partial charge in [-0.3, -0.25) is 4.68 Å². The van der Waals surface area contributed by atoms with Crippen LogP contribution in [0.3, 0.4) is 0 Å². The second kappa shape index (κ2) is 7.05. The van der Waals surface area contributed by atoms with E-state index in [1.54, 1.807) is 0 Å². The Bertz CT molecular complexity index is 837. The summed E-state index contributed by atoms with van der Waals surface area (Å²) < 4.78 is 1.93. The lowest BCUT2D eigenvalue weighted by molar-refractivity contribution is 0.659. The molecule has 0 amide bonds. The summed E-state index contributed by atoms with van der Waals surface area (Å²) in [7, 11) is 0. The van der Waals surface area contributed by atoms with Crippen molar-refractivity contribution in [3.05, 3.63) is 70.9 Å². The highest BCUT2D eigenvalue weighted by Gasteiger charge is 2.16. The summed E-state index contributed by atoms with van der Waals surface area (Å²) in [6, 6.07) is 10.6. The van der Waals surface area contributed by atoms with Crippen molar-refractivity contribution in [2.24, 2.45) is 0 Å². The van der Waals surface area contributed by atoms with E-state index in [0.717, 1.165) is 37.6 Å². The van der Waals surface area contributed by atoms with Crippen LogP contribution in [-0.2, 0) is 25.9 Å². The molecule has 0 atom stereocenters. The van der Waals surface area contributed by atoms with Gasteiger partial charge in [0.1, 0.15) is 11.6 Å². The molecule has 2 heterocycles. The molecule has 2 aromatic heterocycles. The average Bonchev–Trinajstić information content (AvgIpc) is 3.14. The van der Waals surface area contributed by atoms with Gasteiger partial charge in [0.05, 0.1) is 6.54 Å². The third-order valence-electron chi connectivity index (χ3n) is 4.68. The van der Waals surface area contributed by atoms with Crippen molar-refractivity contribution < 1.29 is 0 Å². The Morgan fingerprint density at radius 2 is 1.84 bits per heavy atom. The van der Waals surface area contributed by atoms with Gasteiger partial charge in [-0.05, 0) is 49.8 Å². The molecule has 25 heavy (non-hydrogen) atoms. The molecule has 0 saturated heterocycles. The molecule has 5 nitrogen and oxygen atoms in total. The Labute approximate surface area is 148 Å². The van der Waals surface area contributed by atoms with Crippen molar-refractivity contribution in [2.75, 3.05) is 5.32 Å². The van der Waals surface area contributed by atoms with E-state index in [9.17, 15) is 0 Å². The molecule has 5 heteroatoms. The zero-order chi connectivity index (χ0) is 17.1. The topological polar surface area (TPSA) is 55.6 Å². The smallest absolute Gasteiger partial charge is 0.133 e. The summed E-state index contributed by atoms with van der Waals surface area (Å²) in [4.78, 5) is 9.25. The van der Waals surface area contributed by atoms with Crippen LogP contribution in [0.2, 0.25) is 0 Å². The highest BCUT2D eigenvalue weighted by Crippen LogP contribution is 2.25. The molecule has 1 N–H and O–H groups in total. The summed E-state index contributed by atoms with van der Waals surface area (Å²) in [5.41, 5.74) is 5.05. The second-order valence-corrected chi connectivity index (χ2v) is 6.63. The SMILES string of the molecule is Cc1nc2c(c(NCc3ccc(Cn4cccn4)cc3)n1)CCCC2. The van der Waals surface area contributed by atoms with Crippen LogP contribution in [0.1, 0.15) is 41.1 Å². The standard InChI is InChI=1S/C20H23N5/c1-15-23-19-6-3-2-5-18(19)20(24-15)21-13-16-7-9-17(10-8-16)14-25-12-4-11-22-25/h4,7-12H,2-3,5-6,13-14H2,1H3,(H,21,23,24). The third-order valence-corrected chi connectivity index (χ3v) is 4.68. The molecule has 0 spiro atoms. The van der Waals surface area contributed by atoms with Gasteiger partial charge in [0, 0.05) is 30.2 Å². The van der Waals surface area contributed by atoms with Crippen molar-refractivity contribution >= 4 is 5.82 Å². The summed E-state index contributed by atoms with van der Waals surface area (Å²) >= 11 is 0. The lowest BCUT2D eigenvalue weighted by Crippen LogP contribution is -2.13. The van der Waals surface area contributed by atoms with E-state index in [-0.39, 0.29) is 0 Å². The Hall–Kier alpha value is -2.69. The number of rotatable bonds is 5. The number of hydrogen-bond acceptors (Lipinski definition) is 4. The maximum absolute atomic E-state index is 4.64. The molecule has 128 valence electrons. The zero-order valence-corrected chi connectivity index (χ0v) is 14.6. The maximum atomic E-state index is 4.64. The van der Waals surface area contributed by atoms with Crippen LogP contribution in [0.15, 0.2) is 42.7 Å². The molecule has 1 aromatic carbocycles. The first kappa shape index (κ1) is 15.8. The molecule has 1 aliphatic carbocycles. The van der Waals surface area contributed by atoms with Gasteiger partial charge in [-0.15, -0.1) is 0 Å². The van der Waals surface area contributed by atoms with E-state index in [4.69, 9.17) is 0 Å². The Kier molecular flexibility index (Phi) is 4.46. The molecule has 1 aliphatic rings. The maximum Gasteiger partial charge on any atom is 0.133 e. The Morgan fingerprint density at radius 3 is 2.64 bits per heavy atom. The number of aryl methyl sites for hydroxylation is 2. The van der Waals surface area contributed by atoms with E-state index in [2.05, 4.69) is 44.6 Å². The van der Waals surface area contributed by atoms with E-state index >= 15 is 0 Å². The lowest BCUT2D eigenvalue weighted by atomic mass is 9.96. The first-order chi connectivity index (χ1) is 12.3. The quantitative estimate of drug-likeness (QED) is 0.776. The highest BCUT2D eigenvalue weighted by atomic mass is 15.3. The number of benzene rings is 1. The molecule has 0 unspecified atom stereocenters. The van der Waals surface area contributed by atoms with Gasteiger partial charge in [0.15, 0.2) is 0 Å². The van der Waals surface area contributed by atoms with Crippen LogP contribution in [0.4, 0.5) is 5.82 Å². The van der Waals surface area contributed by atoms with Crippen molar-refractivity contribution in [1.82, 2.24) is 19.7 Å². The van der Waals surface area contributed by atoms with Crippen molar-refractivity contribution in [3.8, 4) is 0 Å². The third kappa shape index (κ3) is 3.71. The molecule has 4 rings (SSSR count). The van der Waals surface area contributed by atoms with Crippen LogP contribution in [0, 0.1) is 6.92 Å². The fraction of sp³-hybridized carbons (Fsp3) is 0.350. The van der Waals surface area contributed by atoms with Crippen LogP contribution in [-0.4, -0.2) is 19.7 Å². The molecule has 0 aliphatic heterocycles. The average molecular weight is 333 g/mol. The van der Waals surface area contributed by atoms with Gasteiger partial charge >= 0.3 is 0 Å². The van der Waals surface area contributed by atoms with Crippen molar-refractivity contribution in [2.45, 2.75) is 45.7 Å². The van der Waals surface area contributed by atoms with Gasteiger partial charge in [-0.1, -0.05) is 24.3 Å². The number of aromatic nitrogens is 4. The van der Waals surface area contributed by atoms with Crippen molar-refractivity contribution in [3.63, 3.8) is 0 Å². The molecule has 3 aromatic rings. The number of fused-ring (bicyclic) bond motifs is 1. The van der Waals surface area contributed by atoms with Gasteiger partial charge in [0.2, 0.25) is 0 Å². The van der Waals surface area contributed by atoms with E-state index in [0.29, 0.717) is 0 Å². The Balaban J connectivity index is 1.44. The summed E-state index contributed by atoms with van der Waals surface area (Å²) in [6.07, 6.45) is 8.42. The lowest BCUT2D eigenvalue weighted by Gasteiger charge is -2.19. The van der Waals surface area contributed by atoms with Crippen LogP contribution >= 0.6 is 0 Å². The van der Waals surface area contributed by atoms with E-state index in [1.165, 1.54) is 35.2 Å². The highest BCUT2D eigenvalue weighted by molar-refractivity contribution is 5.48. The van der Waals surface area contributed by atoms with Crippen molar-refractivity contribution in [1.29, 1.82) is 0 Å². The molecule has 0 radical (unpaired) electrons. The predicted octanol–water partition coefficient (Wildman–Crippen LogP) is 3.52. The van der Waals surface area contributed by atoms with E-state index in [1.807, 2.05) is 30.1 Å². The van der Waals surface area contributed by atoms with Crippen LogP contribution in [0.25, 0.3) is 0 Å². The molecular weight excluding hydrogens is 310 g/mol. The fourth-order valence-electron chi connectivity index (χ4n) is 3.39. The fourth-order valence-corrected chi connectivity index (χ4v) is 3.39. The van der Waals surface area contributed by atoms with E-state index < -0.39 is 0 Å². The monoisotopic (exact) mass is 333 g/mol. The second-order valence-electron chi connectivity index (χ2n) is 6.63. The first-order valence-corrected chi connectivity index (χ1v) is 8.93. The Morgan fingerprint density at radius 1 is 1.04 bits per heavy atom. The van der Waals surface area contributed by atoms with Crippen LogP contribution in [0.5, 0.6) is 0 Å². The van der Waals surface area contributed by atoms with Gasteiger partial charge in [-0.25, -0.2) is 9.97 Å². The minimum absolute atomic E-state index is 0.783. The molecular formula is C20H23N5. The number of nitrogens with one attached hydrogen (secondary N) is 1. The largest absolute Gasteiger partial charge is 0.366 e. The molecule has 0 fully saturated rings. The normalized spacial score (nSPS) is 13.5. The minimum Gasteiger partial charge on any atom is -0.366 e. The molecule has 0 saturated carbocycles. The number of anilines is 1. The summed E-state index contributed by atoms with van der Waals surface area (Å²) in [6.45, 7) is 3.56. The predicted molar refractivity (Wildman–Crippen MR) is 98.5 cm³/mol. The molecule has 0 bridgehead atoms. The summed E-state index contributed by atoms with van der Waals surface area (Å²) in [5.74, 6) is 1.88. The van der Waals surface area contributed by atoms with Gasteiger partial charge < -0.3 is 5.32 Å².